The molecular weight excluding hydrogens is 219 g/mol. The van der Waals surface area contributed by atoms with Crippen LogP contribution in [0.15, 0.2) is 26.3 Å². The van der Waals surface area contributed by atoms with Crippen molar-refractivity contribution in [3.05, 3.63) is 43.4 Å². The summed E-state index contributed by atoms with van der Waals surface area (Å²) in [4.78, 5) is 35.4. The van der Waals surface area contributed by atoms with Crippen LogP contribution in [0.25, 0.3) is 0 Å². The second kappa shape index (κ2) is 3.98. The number of nitrogens with zero attached hydrogens (tertiary/aromatic N) is 1. The SMILES string of the molecule is O=c1[nH]c(=O)n(CC(F)=C(F)F)c(=O)[nH]1. The Morgan fingerprint density at radius 3 is 1.93 bits per heavy atom. The van der Waals surface area contributed by atoms with Crippen molar-refractivity contribution in [2.45, 2.75) is 6.54 Å². The molecular formula is C6H4F3N3O3. The molecule has 0 bridgehead atoms. The summed E-state index contributed by atoms with van der Waals surface area (Å²) in [5.41, 5.74) is -3.62. The lowest BCUT2D eigenvalue weighted by Crippen LogP contribution is -2.43. The molecule has 0 saturated carbocycles. The molecule has 0 radical (unpaired) electrons. The second-order valence-corrected chi connectivity index (χ2v) is 2.44. The van der Waals surface area contributed by atoms with Gasteiger partial charge in [-0.15, -0.1) is 0 Å². The van der Waals surface area contributed by atoms with E-state index in [9.17, 15) is 27.6 Å². The molecule has 0 aliphatic heterocycles. The molecule has 9 heteroatoms. The molecule has 0 saturated heterocycles. The summed E-state index contributed by atoms with van der Waals surface area (Å²) < 4.78 is 35.8. The molecule has 0 spiro atoms. The van der Waals surface area contributed by atoms with Crippen molar-refractivity contribution in [1.29, 1.82) is 0 Å². The van der Waals surface area contributed by atoms with Gasteiger partial charge in [0.2, 0.25) is 0 Å². The molecule has 0 aliphatic carbocycles. The molecule has 0 aliphatic rings. The molecule has 82 valence electrons. The number of nitrogens with one attached hydrogen (secondary N) is 2. The van der Waals surface area contributed by atoms with Crippen LogP contribution in [0.1, 0.15) is 0 Å². The average Bonchev–Trinajstić information content (AvgIpc) is 2.10. The molecule has 6 nitrogen and oxygen atoms in total. The maximum atomic E-state index is 12.4. The number of rotatable bonds is 2. The zero-order chi connectivity index (χ0) is 11.6. The highest BCUT2D eigenvalue weighted by Crippen LogP contribution is 2.09. The van der Waals surface area contributed by atoms with E-state index in [2.05, 4.69) is 0 Å². The molecule has 0 aromatic carbocycles. The van der Waals surface area contributed by atoms with E-state index in [0.717, 1.165) is 0 Å². The number of H-pyrrole nitrogens is 2. The van der Waals surface area contributed by atoms with Crippen molar-refractivity contribution in [3.8, 4) is 0 Å². The first-order valence-electron chi connectivity index (χ1n) is 3.55. The molecule has 0 amide bonds. The predicted molar refractivity (Wildman–Crippen MR) is 42.3 cm³/mol. The number of hydrogen-bond acceptors (Lipinski definition) is 3. The van der Waals surface area contributed by atoms with Crippen LogP contribution in [0.2, 0.25) is 0 Å². The standard InChI is InChI=1S/C6H4F3N3O3/c7-2(3(8)9)1-12-5(14)10-4(13)11-6(12)15/h1H2,(H2,10,11,13,14,15). The Balaban J connectivity index is 3.30. The fourth-order valence-electron chi connectivity index (χ4n) is 0.795. The molecule has 1 rings (SSSR count). The Bertz CT molecular complexity index is 529. The highest BCUT2D eigenvalue weighted by molar-refractivity contribution is 4.92. The van der Waals surface area contributed by atoms with Crippen LogP contribution in [0.5, 0.6) is 0 Å². The van der Waals surface area contributed by atoms with E-state index in [1.165, 1.54) is 0 Å². The largest absolute Gasteiger partial charge is 0.334 e. The number of aromatic amines is 2. The number of hydrogen-bond donors (Lipinski definition) is 2. The van der Waals surface area contributed by atoms with Crippen LogP contribution in [-0.2, 0) is 6.54 Å². The zero-order valence-corrected chi connectivity index (χ0v) is 7.01. The van der Waals surface area contributed by atoms with Crippen molar-refractivity contribution in [3.63, 3.8) is 0 Å². The van der Waals surface area contributed by atoms with E-state index in [1.54, 1.807) is 9.97 Å². The summed E-state index contributed by atoms with van der Waals surface area (Å²) in [5.74, 6) is -1.92. The lowest BCUT2D eigenvalue weighted by molar-refractivity contribution is 0.361. The minimum atomic E-state index is -2.63. The lowest BCUT2D eigenvalue weighted by Gasteiger charge is -1.99. The summed E-state index contributed by atoms with van der Waals surface area (Å²) in [7, 11) is 0. The fourth-order valence-corrected chi connectivity index (χ4v) is 0.795. The van der Waals surface area contributed by atoms with E-state index < -0.39 is 35.5 Å². The van der Waals surface area contributed by atoms with Gasteiger partial charge < -0.3 is 0 Å². The van der Waals surface area contributed by atoms with Gasteiger partial charge in [-0.25, -0.2) is 23.3 Å². The second-order valence-electron chi connectivity index (χ2n) is 2.44. The molecule has 1 heterocycles. The van der Waals surface area contributed by atoms with Gasteiger partial charge in [-0.05, 0) is 0 Å². The molecule has 15 heavy (non-hydrogen) atoms. The van der Waals surface area contributed by atoms with Gasteiger partial charge in [-0.2, -0.15) is 8.78 Å². The van der Waals surface area contributed by atoms with Crippen molar-refractivity contribution >= 4 is 0 Å². The normalized spacial score (nSPS) is 10.1. The van der Waals surface area contributed by atoms with Gasteiger partial charge in [-0.1, -0.05) is 0 Å². The Kier molecular flexibility index (Phi) is 2.93. The van der Waals surface area contributed by atoms with Gasteiger partial charge in [0.25, 0.3) is 0 Å². The van der Waals surface area contributed by atoms with Crippen LogP contribution >= 0.6 is 0 Å². The van der Waals surface area contributed by atoms with E-state index >= 15 is 0 Å². The van der Waals surface area contributed by atoms with E-state index in [4.69, 9.17) is 0 Å². The summed E-state index contributed by atoms with van der Waals surface area (Å²) >= 11 is 0. The molecule has 0 fully saturated rings. The molecule has 2 N–H and O–H groups in total. The van der Waals surface area contributed by atoms with Gasteiger partial charge in [0.05, 0.1) is 6.54 Å². The van der Waals surface area contributed by atoms with E-state index in [1.807, 2.05) is 0 Å². The minimum Gasteiger partial charge on any atom is -0.259 e. The summed E-state index contributed by atoms with van der Waals surface area (Å²) in [6, 6.07) is 0. The Morgan fingerprint density at radius 2 is 1.53 bits per heavy atom. The molecule has 1 aromatic rings. The zero-order valence-electron chi connectivity index (χ0n) is 7.01. The third-order valence-corrected chi connectivity index (χ3v) is 1.43. The monoisotopic (exact) mass is 223 g/mol. The lowest BCUT2D eigenvalue weighted by atomic mass is 10.5. The third-order valence-electron chi connectivity index (χ3n) is 1.43. The Labute approximate surface area is 78.7 Å². The van der Waals surface area contributed by atoms with Crippen LogP contribution in [0.4, 0.5) is 13.2 Å². The van der Waals surface area contributed by atoms with Gasteiger partial charge in [0, 0.05) is 0 Å². The van der Waals surface area contributed by atoms with Crippen LogP contribution in [0, 0.1) is 0 Å². The maximum absolute atomic E-state index is 12.4. The maximum Gasteiger partial charge on any atom is 0.334 e. The molecule has 0 atom stereocenters. The highest BCUT2D eigenvalue weighted by Gasteiger charge is 2.10. The number of aromatic nitrogens is 3. The van der Waals surface area contributed by atoms with Crippen LogP contribution in [-0.4, -0.2) is 14.5 Å². The highest BCUT2D eigenvalue weighted by atomic mass is 19.3. The van der Waals surface area contributed by atoms with Crippen molar-refractivity contribution in [2.24, 2.45) is 0 Å². The van der Waals surface area contributed by atoms with Crippen LogP contribution in [0.3, 0.4) is 0 Å². The smallest absolute Gasteiger partial charge is 0.259 e. The minimum absolute atomic E-state index is 0.0931. The summed E-state index contributed by atoms with van der Waals surface area (Å²) in [5, 5.41) is 0. The average molecular weight is 223 g/mol. The topological polar surface area (TPSA) is 87.7 Å². The van der Waals surface area contributed by atoms with Crippen molar-refractivity contribution < 1.29 is 13.2 Å². The number of allylic oxidation sites excluding steroid dienone is 1. The van der Waals surface area contributed by atoms with E-state index in [0.29, 0.717) is 0 Å². The summed E-state index contributed by atoms with van der Waals surface area (Å²) in [6.07, 6.45) is -2.63. The quantitative estimate of drug-likeness (QED) is 0.695. The third kappa shape index (κ3) is 2.45. The Hall–Kier alpha value is -2.06. The van der Waals surface area contributed by atoms with Gasteiger partial charge in [0.15, 0.2) is 5.83 Å². The van der Waals surface area contributed by atoms with Crippen molar-refractivity contribution in [2.75, 3.05) is 0 Å². The first-order valence-corrected chi connectivity index (χ1v) is 3.55. The Morgan fingerprint density at radius 1 is 1.07 bits per heavy atom. The van der Waals surface area contributed by atoms with E-state index in [-0.39, 0.29) is 4.57 Å². The van der Waals surface area contributed by atoms with Gasteiger partial charge in [0.1, 0.15) is 0 Å². The number of halogens is 3. The molecule has 1 aromatic heterocycles. The molecule has 0 unspecified atom stereocenters. The first-order chi connectivity index (χ1) is 6.91. The van der Waals surface area contributed by atoms with Gasteiger partial charge in [-0.3, -0.25) is 9.97 Å². The first kappa shape index (κ1) is 11.0. The summed E-state index contributed by atoms with van der Waals surface area (Å²) in [6.45, 7) is -1.23. The van der Waals surface area contributed by atoms with Crippen molar-refractivity contribution in [1.82, 2.24) is 14.5 Å². The fraction of sp³-hybridized carbons (Fsp3) is 0.167. The predicted octanol–water partition coefficient (Wildman–Crippen LogP) is -0.698. The van der Waals surface area contributed by atoms with Gasteiger partial charge >= 0.3 is 23.1 Å². The van der Waals surface area contributed by atoms with Crippen LogP contribution < -0.4 is 17.1 Å².